The van der Waals surface area contributed by atoms with E-state index in [0.29, 0.717) is 56.8 Å². The molecule has 1 atom stereocenters. The molecule has 2 fully saturated rings. The Hall–Kier alpha value is -4.64. The van der Waals surface area contributed by atoms with Crippen LogP contribution in [-0.2, 0) is 22.5 Å². The summed E-state index contributed by atoms with van der Waals surface area (Å²) < 4.78 is 51.0. The molecule has 0 spiro atoms. The van der Waals surface area contributed by atoms with Crippen LogP contribution in [-0.4, -0.2) is 72.1 Å². The number of piperazine rings is 1. The van der Waals surface area contributed by atoms with Crippen LogP contribution in [0.15, 0.2) is 71.7 Å². The number of morpholine rings is 1. The van der Waals surface area contributed by atoms with Crippen molar-refractivity contribution in [2.45, 2.75) is 32.4 Å². The summed E-state index contributed by atoms with van der Waals surface area (Å²) in [6.45, 7) is 4.34. The molecule has 0 saturated carbocycles. The molecule has 6 rings (SSSR count). The topological polar surface area (TPSA) is 75.1 Å². The van der Waals surface area contributed by atoms with Crippen LogP contribution >= 0.6 is 0 Å². The van der Waals surface area contributed by atoms with Gasteiger partial charge in [0.05, 0.1) is 30.5 Å². The van der Waals surface area contributed by atoms with Crippen molar-refractivity contribution in [1.82, 2.24) is 14.4 Å². The first kappa shape index (κ1) is 31.3. The monoisotopic (exact) mass is 632 g/mol. The Morgan fingerprint density at radius 3 is 2.33 bits per heavy atom. The molecule has 3 heterocycles. The minimum atomic E-state index is -0.806. The summed E-state index contributed by atoms with van der Waals surface area (Å²) in [6.07, 6.45) is 2.53. The number of benzene rings is 3. The Morgan fingerprint density at radius 1 is 0.913 bits per heavy atom. The van der Waals surface area contributed by atoms with Crippen molar-refractivity contribution in [3.63, 3.8) is 0 Å². The van der Waals surface area contributed by atoms with Crippen molar-refractivity contribution in [2.24, 2.45) is 0 Å². The molecule has 1 unspecified atom stereocenters. The fourth-order valence-corrected chi connectivity index (χ4v) is 6.35. The molecule has 46 heavy (non-hydrogen) atoms. The van der Waals surface area contributed by atoms with Gasteiger partial charge in [-0.1, -0.05) is 30.3 Å². The van der Waals surface area contributed by atoms with Gasteiger partial charge in [-0.15, -0.1) is 0 Å². The molecule has 0 radical (unpaired) electrons. The van der Waals surface area contributed by atoms with E-state index in [0.717, 1.165) is 23.8 Å². The van der Waals surface area contributed by atoms with E-state index in [2.05, 4.69) is 0 Å². The van der Waals surface area contributed by atoms with Crippen LogP contribution in [0.4, 0.5) is 18.9 Å². The van der Waals surface area contributed by atoms with Crippen LogP contribution in [0.5, 0.6) is 0 Å². The van der Waals surface area contributed by atoms with E-state index in [1.165, 1.54) is 17.2 Å². The summed E-state index contributed by atoms with van der Waals surface area (Å²) in [5.74, 6) is -2.72. The number of fused-ring (bicyclic) bond motifs is 1. The SMILES string of the molecule is CCn1cc(C(=O)N2CCOCC2c2cc(F)cc(F)c2)c(=O)c2cc(F)c(N3CCN(C(=O)CCc4ccccc4)CC3)cc21. The van der Waals surface area contributed by atoms with Gasteiger partial charge in [0, 0.05) is 63.3 Å². The molecule has 240 valence electrons. The Balaban J connectivity index is 1.23. The zero-order chi connectivity index (χ0) is 32.4. The number of carbonyl (C=O) groups is 2. The molecule has 8 nitrogen and oxygen atoms in total. The fourth-order valence-electron chi connectivity index (χ4n) is 6.35. The lowest BCUT2D eigenvalue weighted by Gasteiger charge is -2.36. The average Bonchev–Trinajstić information content (AvgIpc) is 3.07. The minimum absolute atomic E-state index is 0.00799. The van der Waals surface area contributed by atoms with Gasteiger partial charge >= 0.3 is 0 Å². The number of hydrogen-bond acceptors (Lipinski definition) is 5. The molecule has 2 saturated heterocycles. The van der Waals surface area contributed by atoms with Gasteiger partial charge in [-0.05, 0) is 48.7 Å². The first-order chi connectivity index (χ1) is 22.2. The number of aromatic nitrogens is 1. The molecule has 2 aliphatic heterocycles. The van der Waals surface area contributed by atoms with Crippen LogP contribution < -0.4 is 10.3 Å². The van der Waals surface area contributed by atoms with E-state index in [1.807, 2.05) is 42.2 Å². The lowest BCUT2D eigenvalue weighted by Crippen LogP contribution is -2.49. The molecule has 0 bridgehead atoms. The summed E-state index contributed by atoms with van der Waals surface area (Å²) in [4.78, 5) is 45.4. The second-order valence-corrected chi connectivity index (χ2v) is 11.6. The zero-order valence-electron chi connectivity index (χ0n) is 25.6. The maximum atomic E-state index is 15.7. The van der Waals surface area contributed by atoms with E-state index in [1.54, 1.807) is 15.5 Å². The smallest absolute Gasteiger partial charge is 0.260 e. The van der Waals surface area contributed by atoms with Crippen molar-refractivity contribution in [3.8, 4) is 0 Å². The molecule has 1 aromatic heterocycles. The summed E-state index contributed by atoms with van der Waals surface area (Å²) in [6, 6.07) is 14.9. The lowest BCUT2D eigenvalue weighted by molar-refractivity contribution is -0.131. The molecular weight excluding hydrogens is 597 g/mol. The quantitative estimate of drug-likeness (QED) is 0.289. The van der Waals surface area contributed by atoms with Gasteiger partial charge in [-0.25, -0.2) is 13.2 Å². The lowest BCUT2D eigenvalue weighted by atomic mass is 10.0. The number of halogens is 3. The fraction of sp³-hybridized carbons (Fsp3) is 0.343. The van der Waals surface area contributed by atoms with Crippen LogP contribution in [0, 0.1) is 17.5 Å². The molecule has 11 heteroatoms. The predicted molar refractivity (Wildman–Crippen MR) is 168 cm³/mol. The van der Waals surface area contributed by atoms with Gasteiger partial charge in [0.2, 0.25) is 11.3 Å². The summed E-state index contributed by atoms with van der Waals surface area (Å²) in [7, 11) is 0. The number of carbonyl (C=O) groups excluding carboxylic acids is 2. The van der Waals surface area contributed by atoms with Gasteiger partial charge < -0.3 is 24.0 Å². The summed E-state index contributed by atoms with van der Waals surface area (Å²) >= 11 is 0. The first-order valence-electron chi connectivity index (χ1n) is 15.5. The number of ether oxygens (including phenoxy) is 1. The maximum Gasteiger partial charge on any atom is 0.260 e. The Labute approximate surface area is 264 Å². The number of pyridine rings is 1. The molecular formula is C35H35F3N4O4. The van der Waals surface area contributed by atoms with Crippen LogP contribution in [0.3, 0.4) is 0 Å². The van der Waals surface area contributed by atoms with Crippen LogP contribution in [0.25, 0.3) is 10.9 Å². The van der Waals surface area contributed by atoms with E-state index in [-0.39, 0.29) is 42.2 Å². The highest BCUT2D eigenvalue weighted by molar-refractivity contribution is 5.98. The standard InChI is InChI=1S/C35H35F3N4O4/c1-2-39-21-28(35(45)42-14-15-46-22-32(42)24-16-25(36)18-26(37)17-24)34(44)27-19-29(38)31(20-30(27)39)40-10-12-41(13-11-40)33(43)9-8-23-6-4-3-5-7-23/h3-7,16-21,32H,2,8-15,22H2,1H3. The van der Waals surface area contributed by atoms with E-state index < -0.39 is 34.8 Å². The number of nitrogens with zero attached hydrogens (tertiary/aromatic N) is 4. The third kappa shape index (κ3) is 6.37. The zero-order valence-corrected chi connectivity index (χ0v) is 25.6. The second kappa shape index (κ2) is 13.4. The van der Waals surface area contributed by atoms with Crippen molar-refractivity contribution < 1.29 is 27.5 Å². The van der Waals surface area contributed by atoms with Gasteiger partial charge in [-0.3, -0.25) is 14.4 Å². The largest absolute Gasteiger partial charge is 0.377 e. The van der Waals surface area contributed by atoms with E-state index in [9.17, 15) is 23.2 Å². The maximum absolute atomic E-state index is 15.7. The normalized spacial score (nSPS) is 17.0. The summed E-state index contributed by atoms with van der Waals surface area (Å²) in [5, 5.41) is 0.0604. The van der Waals surface area contributed by atoms with Gasteiger partial charge in [0.15, 0.2) is 0 Å². The number of amides is 2. The van der Waals surface area contributed by atoms with E-state index >= 15 is 4.39 Å². The Kier molecular flexibility index (Phi) is 9.12. The van der Waals surface area contributed by atoms with Gasteiger partial charge in [-0.2, -0.15) is 0 Å². The summed E-state index contributed by atoms with van der Waals surface area (Å²) in [5.41, 5.74) is 1.34. The molecule has 4 aromatic rings. The van der Waals surface area contributed by atoms with E-state index in [4.69, 9.17) is 4.74 Å². The van der Waals surface area contributed by atoms with Crippen molar-refractivity contribution in [1.29, 1.82) is 0 Å². The third-order valence-corrected chi connectivity index (χ3v) is 8.82. The number of aryl methyl sites for hydroxylation is 2. The number of anilines is 1. The molecule has 2 amide bonds. The Morgan fingerprint density at radius 2 is 1.63 bits per heavy atom. The van der Waals surface area contributed by atoms with Crippen molar-refractivity contribution >= 4 is 28.4 Å². The second-order valence-electron chi connectivity index (χ2n) is 11.6. The highest BCUT2D eigenvalue weighted by Gasteiger charge is 2.32. The van der Waals surface area contributed by atoms with Crippen LogP contribution in [0.2, 0.25) is 0 Å². The van der Waals surface area contributed by atoms with Crippen molar-refractivity contribution in [2.75, 3.05) is 50.8 Å². The highest BCUT2D eigenvalue weighted by Crippen LogP contribution is 2.29. The molecule has 0 aliphatic carbocycles. The Bertz CT molecular complexity index is 1800. The number of rotatable bonds is 7. The number of hydrogen-bond donors (Lipinski definition) is 0. The highest BCUT2D eigenvalue weighted by atomic mass is 19.1. The molecule has 2 aliphatic rings. The first-order valence-corrected chi connectivity index (χ1v) is 15.5. The predicted octanol–water partition coefficient (Wildman–Crippen LogP) is 4.93. The third-order valence-electron chi connectivity index (χ3n) is 8.82. The van der Waals surface area contributed by atoms with Gasteiger partial charge in [0.25, 0.3) is 5.91 Å². The van der Waals surface area contributed by atoms with Crippen LogP contribution in [0.1, 0.15) is 40.9 Å². The average molecular weight is 633 g/mol. The molecule has 0 N–H and O–H groups in total. The minimum Gasteiger partial charge on any atom is -0.377 e. The molecule has 3 aromatic carbocycles. The van der Waals surface area contributed by atoms with Crippen molar-refractivity contribution in [3.05, 3.63) is 111 Å². The van der Waals surface area contributed by atoms with Gasteiger partial charge in [0.1, 0.15) is 23.0 Å².